The van der Waals surface area contributed by atoms with E-state index in [-0.39, 0.29) is 0 Å². The molecule has 2 heteroatoms. The molecule has 0 aliphatic rings. The number of hydrogen-bond donors (Lipinski definition) is 1. The van der Waals surface area contributed by atoms with E-state index in [9.17, 15) is 0 Å². The van der Waals surface area contributed by atoms with Crippen LogP contribution in [0.3, 0.4) is 0 Å². The van der Waals surface area contributed by atoms with Crippen molar-refractivity contribution in [3.05, 3.63) is 0 Å². The Hall–Kier alpha value is 0.310. The molecule has 0 bridgehead atoms. The Morgan fingerprint density at radius 3 is 1.04 bits per heavy atom. The van der Waals surface area contributed by atoms with E-state index in [0.29, 0.717) is 6.61 Å². The maximum Gasteiger partial charge on any atom is 0.0438 e. The molecule has 0 radical (unpaired) electrons. The molecule has 0 fully saturated rings. The van der Waals surface area contributed by atoms with Crippen molar-refractivity contribution in [3.63, 3.8) is 0 Å². The van der Waals surface area contributed by atoms with Crippen LogP contribution in [0.2, 0.25) is 0 Å². The molecule has 0 saturated heterocycles. The molecule has 0 aliphatic heterocycles. The predicted molar refractivity (Wildman–Crippen MR) is 127 cm³/mol. The predicted octanol–water partition coefficient (Wildman–Crippen LogP) is 8.92. The highest BCUT2D eigenvalue weighted by Crippen LogP contribution is 2.15. The monoisotopic (exact) mass is 400 g/mol. The van der Waals surface area contributed by atoms with E-state index in [1.165, 1.54) is 134 Å². The summed E-state index contributed by atoms with van der Waals surface area (Å²) in [4.78, 5) is 0. The molecule has 27 heavy (non-hydrogen) atoms. The van der Waals surface area contributed by atoms with Gasteiger partial charge in [0.15, 0.2) is 0 Å². The molecule has 1 N–H and O–H groups in total. The van der Waals surface area contributed by atoms with Crippen LogP contribution < -0.4 is 0 Å². The first-order valence-corrected chi connectivity index (χ1v) is 13.8. The van der Waals surface area contributed by atoms with Crippen LogP contribution in [0.15, 0.2) is 0 Å². The van der Waals surface area contributed by atoms with Crippen molar-refractivity contribution < 1.29 is 5.11 Å². The fraction of sp³-hybridized carbons (Fsp3) is 1.00. The van der Waals surface area contributed by atoms with Gasteiger partial charge in [-0.05, 0) is 24.3 Å². The molecule has 0 unspecified atom stereocenters. The zero-order valence-corrected chi connectivity index (χ0v) is 19.6. The first-order chi connectivity index (χ1) is 13.4. The molecular formula is C25H52OS. The van der Waals surface area contributed by atoms with Gasteiger partial charge in [0, 0.05) is 6.61 Å². The van der Waals surface area contributed by atoms with Crippen LogP contribution in [0, 0.1) is 0 Å². The van der Waals surface area contributed by atoms with Crippen LogP contribution in [0.25, 0.3) is 0 Å². The fourth-order valence-corrected chi connectivity index (χ4v) is 4.67. The third-order valence-electron chi connectivity index (χ3n) is 5.59. The van der Waals surface area contributed by atoms with Gasteiger partial charge in [-0.25, -0.2) is 0 Å². The van der Waals surface area contributed by atoms with Gasteiger partial charge < -0.3 is 5.11 Å². The zero-order chi connectivity index (χ0) is 19.7. The lowest BCUT2D eigenvalue weighted by Crippen LogP contribution is -1.88. The average molecular weight is 401 g/mol. The standard InChI is InChI=1S/C25H52OS/c1-2-3-4-5-6-7-8-9-10-11-12-13-14-15-16-17-18-19-20-21-24-27-25-22-23-26/h26H,2-25H2,1H3. The molecule has 0 rings (SSSR count). The minimum Gasteiger partial charge on any atom is -0.396 e. The first-order valence-electron chi connectivity index (χ1n) is 12.6. The second kappa shape index (κ2) is 26.3. The molecule has 0 heterocycles. The third kappa shape index (κ3) is 26.3. The Bertz CT molecular complexity index is 220. The van der Waals surface area contributed by atoms with Gasteiger partial charge in [-0.1, -0.05) is 129 Å². The Labute approximate surface area is 176 Å². The third-order valence-corrected chi connectivity index (χ3v) is 6.74. The van der Waals surface area contributed by atoms with Crippen molar-refractivity contribution in [2.24, 2.45) is 0 Å². The SMILES string of the molecule is CCCCCCCCCCCCCCCCCCCCCCSCCCO. The van der Waals surface area contributed by atoms with Crippen molar-refractivity contribution in [1.29, 1.82) is 0 Å². The van der Waals surface area contributed by atoms with Crippen LogP contribution in [0.4, 0.5) is 0 Å². The minimum atomic E-state index is 0.353. The fourth-order valence-electron chi connectivity index (χ4n) is 3.73. The number of aliphatic hydroxyl groups is 1. The summed E-state index contributed by atoms with van der Waals surface area (Å²) < 4.78 is 0. The molecule has 0 aromatic heterocycles. The lowest BCUT2D eigenvalue weighted by molar-refractivity contribution is 0.296. The number of rotatable bonds is 24. The Morgan fingerprint density at radius 1 is 0.407 bits per heavy atom. The van der Waals surface area contributed by atoms with Crippen molar-refractivity contribution in [1.82, 2.24) is 0 Å². The molecule has 0 amide bonds. The summed E-state index contributed by atoms with van der Waals surface area (Å²) in [5, 5.41) is 8.72. The average Bonchev–Trinajstić information content (AvgIpc) is 2.68. The Kier molecular flexibility index (Phi) is 26.6. The van der Waals surface area contributed by atoms with Gasteiger partial charge in [0.1, 0.15) is 0 Å². The van der Waals surface area contributed by atoms with Crippen LogP contribution in [-0.2, 0) is 0 Å². The van der Waals surface area contributed by atoms with Gasteiger partial charge in [0.25, 0.3) is 0 Å². The highest BCUT2D eigenvalue weighted by Gasteiger charge is 1.95. The summed E-state index contributed by atoms with van der Waals surface area (Å²) >= 11 is 2.01. The van der Waals surface area contributed by atoms with Gasteiger partial charge in [-0.15, -0.1) is 0 Å². The molecule has 1 nitrogen and oxygen atoms in total. The number of thioether (sulfide) groups is 1. The normalized spacial score (nSPS) is 11.3. The van der Waals surface area contributed by atoms with Gasteiger partial charge in [0.2, 0.25) is 0 Å². The maximum atomic E-state index is 8.72. The second-order valence-corrected chi connectivity index (χ2v) is 9.63. The first kappa shape index (κ1) is 27.3. The smallest absolute Gasteiger partial charge is 0.0438 e. The van der Waals surface area contributed by atoms with E-state index < -0.39 is 0 Å². The Balaban J connectivity index is 2.95. The molecule has 0 spiro atoms. The van der Waals surface area contributed by atoms with Crippen LogP contribution >= 0.6 is 11.8 Å². The summed E-state index contributed by atoms with van der Waals surface area (Å²) in [6.45, 7) is 2.65. The highest BCUT2D eigenvalue weighted by molar-refractivity contribution is 7.99. The second-order valence-electron chi connectivity index (χ2n) is 8.41. The van der Waals surface area contributed by atoms with Crippen molar-refractivity contribution in [2.75, 3.05) is 18.1 Å². The lowest BCUT2D eigenvalue weighted by Gasteiger charge is -2.04. The van der Waals surface area contributed by atoms with E-state index in [2.05, 4.69) is 6.92 Å². The van der Waals surface area contributed by atoms with Crippen molar-refractivity contribution in [3.8, 4) is 0 Å². The van der Waals surface area contributed by atoms with Gasteiger partial charge in [-0.2, -0.15) is 11.8 Å². The van der Waals surface area contributed by atoms with E-state index in [0.717, 1.165) is 12.2 Å². The van der Waals surface area contributed by atoms with E-state index >= 15 is 0 Å². The zero-order valence-electron chi connectivity index (χ0n) is 18.8. The number of aliphatic hydroxyl groups excluding tert-OH is 1. The quantitative estimate of drug-likeness (QED) is 0.163. The van der Waals surface area contributed by atoms with Gasteiger partial charge in [0.05, 0.1) is 0 Å². The number of hydrogen-bond acceptors (Lipinski definition) is 2. The highest BCUT2D eigenvalue weighted by atomic mass is 32.2. The Morgan fingerprint density at radius 2 is 0.704 bits per heavy atom. The summed E-state index contributed by atoms with van der Waals surface area (Å²) in [5.74, 6) is 2.43. The van der Waals surface area contributed by atoms with Crippen molar-refractivity contribution in [2.45, 2.75) is 142 Å². The summed E-state index contributed by atoms with van der Waals surface area (Å²) in [6.07, 6.45) is 30.0. The van der Waals surface area contributed by atoms with Crippen LogP contribution in [0.5, 0.6) is 0 Å². The van der Waals surface area contributed by atoms with Crippen molar-refractivity contribution >= 4 is 11.8 Å². The van der Waals surface area contributed by atoms with Crippen LogP contribution in [0.1, 0.15) is 142 Å². The van der Waals surface area contributed by atoms with Gasteiger partial charge in [-0.3, -0.25) is 0 Å². The largest absolute Gasteiger partial charge is 0.396 e. The van der Waals surface area contributed by atoms with Crippen LogP contribution in [-0.4, -0.2) is 23.2 Å². The molecular weight excluding hydrogens is 348 g/mol. The van der Waals surface area contributed by atoms with Gasteiger partial charge >= 0.3 is 0 Å². The molecule has 0 saturated carbocycles. The lowest BCUT2D eigenvalue weighted by atomic mass is 10.0. The summed E-state index contributed by atoms with van der Waals surface area (Å²) in [6, 6.07) is 0. The van der Waals surface area contributed by atoms with E-state index in [1.54, 1.807) is 0 Å². The molecule has 0 aliphatic carbocycles. The number of unbranched alkanes of at least 4 members (excludes halogenated alkanes) is 19. The summed E-state index contributed by atoms with van der Waals surface area (Å²) in [7, 11) is 0. The molecule has 0 aromatic carbocycles. The topological polar surface area (TPSA) is 20.2 Å². The minimum absolute atomic E-state index is 0.353. The molecule has 164 valence electrons. The van der Waals surface area contributed by atoms with E-state index in [4.69, 9.17) is 5.11 Å². The molecule has 0 aromatic rings. The van der Waals surface area contributed by atoms with E-state index in [1.807, 2.05) is 11.8 Å². The maximum absolute atomic E-state index is 8.72. The summed E-state index contributed by atoms with van der Waals surface area (Å²) in [5.41, 5.74) is 0. The molecule has 0 atom stereocenters.